The molecule has 2 aromatic rings. The number of hydrogen-bond acceptors (Lipinski definition) is 12. The van der Waals surface area contributed by atoms with Crippen LogP contribution in [0.3, 0.4) is 0 Å². The zero-order valence-electron chi connectivity index (χ0n) is 37.7. The number of rotatable bonds is 24. The molecule has 15 N–H and O–H groups in total. The SMILES string of the molecule is CCCCc1ccc(-c2ccc(C(=O)N[C@@H](CCN)C(=O)N[C@@H](CCC(N)=O)C(=O)N[C@@H](N)C(=O)N[C@@H](CCCCN)C(=O)N[C@@H](N)B3OC4C[C@@H]5C[C@@H](C5(C)C)[C@]4(C)O3)cc2)cc1. The van der Waals surface area contributed by atoms with E-state index in [1.165, 1.54) is 5.56 Å². The maximum atomic E-state index is 13.6. The van der Waals surface area contributed by atoms with Crippen LogP contribution in [0.2, 0.25) is 0 Å². The van der Waals surface area contributed by atoms with Crippen molar-refractivity contribution in [2.45, 2.75) is 140 Å². The number of hydrogen-bond donors (Lipinski definition) is 10. The number of carbonyl (C=O) groups excluding carboxylic acids is 6. The zero-order valence-corrected chi connectivity index (χ0v) is 37.7. The third-order valence-corrected chi connectivity index (χ3v) is 13.4. The first kappa shape index (κ1) is 50.1. The van der Waals surface area contributed by atoms with Crippen molar-refractivity contribution in [3.05, 3.63) is 59.7 Å². The van der Waals surface area contributed by atoms with Gasteiger partial charge in [0.05, 0.1) is 11.7 Å². The molecular weight excluding hydrogens is 819 g/mol. The molecule has 6 amide bonds. The molecule has 6 rings (SSSR count). The molecule has 1 aliphatic heterocycles. The van der Waals surface area contributed by atoms with Gasteiger partial charge in [0, 0.05) is 12.0 Å². The quantitative estimate of drug-likeness (QED) is 0.0393. The number of aryl methyl sites for hydroxylation is 1. The normalized spacial score (nSPS) is 22.9. The average Bonchev–Trinajstić information content (AvgIpc) is 3.64. The average molecular weight is 889 g/mol. The summed E-state index contributed by atoms with van der Waals surface area (Å²) in [7, 11) is -0.906. The Morgan fingerprint density at radius 3 is 1.92 bits per heavy atom. The van der Waals surface area contributed by atoms with Gasteiger partial charge >= 0.3 is 7.12 Å². The van der Waals surface area contributed by atoms with Crippen LogP contribution in [-0.4, -0.2) is 97.7 Å². The molecule has 3 aliphatic carbocycles. The lowest BCUT2D eigenvalue weighted by atomic mass is 9.43. The predicted octanol–water partition coefficient (Wildman–Crippen LogP) is 0.577. The van der Waals surface area contributed by atoms with Gasteiger partial charge in [0.25, 0.3) is 11.8 Å². The highest BCUT2D eigenvalue weighted by atomic mass is 16.7. The standard InChI is InChI=1S/C45H69BN10O8/c1-5-6-9-26-11-13-27(14-12-26)28-15-17-29(18-16-28)38(58)52-33(21-23-48)39(59)53-32(19-20-36(49)57)40(60)55-37(50)42(62)54-31(10-7-8-22-47)41(61)56-43(51)46-63-35-25-30-24-34(44(30,2)3)45(35,4)64-46/h11-18,30-35,37,43H,5-10,19-25,47-48,50-51H2,1-4H3,(H2,49,57)(H,52,58)(H,53,59)(H,54,62)(H,55,60)(H,56,61)/t30-,31-,32-,33-,34-,35?,37+,43+,45-/m0/s1. The largest absolute Gasteiger partial charge is 0.497 e. The number of nitrogens with one attached hydrogen (secondary N) is 5. The fourth-order valence-corrected chi connectivity index (χ4v) is 9.29. The lowest BCUT2D eigenvalue weighted by molar-refractivity contribution is -0.199. The molecule has 18 nitrogen and oxygen atoms in total. The van der Waals surface area contributed by atoms with Crippen molar-refractivity contribution in [2.75, 3.05) is 13.1 Å². The van der Waals surface area contributed by atoms with E-state index >= 15 is 0 Å². The number of primary amides is 1. The van der Waals surface area contributed by atoms with E-state index in [4.69, 9.17) is 38.0 Å². The summed E-state index contributed by atoms with van der Waals surface area (Å²) in [5.41, 5.74) is 32.5. The Bertz CT molecular complexity index is 1960. The molecule has 1 heterocycles. The number of carbonyl (C=O) groups is 6. The summed E-state index contributed by atoms with van der Waals surface area (Å²) in [6.07, 6.45) is 3.94. The Morgan fingerprint density at radius 2 is 1.31 bits per heavy atom. The van der Waals surface area contributed by atoms with Gasteiger partial charge in [-0.05, 0) is 124 Å². The second kappa shape index (κ2) is 22.3. The molecule has 2 aromatic carbocycles. The van der Waals surface area contributed by atoms with E-state index in [1.807, 2.05) is 31.2 Å². The smallest absolute Gasteiger partial charge is 0.403 e. The molecule has 9 atom stereocenters. The van der Waals surface area contributed by atoms with Gasteiger partial charge in [-0.1, -0.05) is 63.6 Å². The van der Waals surface area contributed by atoms with Crippen LogP contribution in [0.15, 0.2) is 48.5 Å². The van der Waals surface area contributed by atoms with Gasteiger partial charge in [-0.2, -0.15) is 0 Å². The summed E-state index contributed by atoms with van der Waals surface area (Å²) >= 11 is 0. The number of unbranched alkanes of at least 4 members (excludes halogenated alkanes) is 2. The minimum absolute atomic E-state index is 0.0134. The van der Waals surface area contributed by atoms with Crippen LogP contribution < -0.4 is 55.3 Å². The Hall–Kier alpha value is -4.92. The van der Waals surface area contributed by atoms with Crippen LogP contribution in [0, 0.1) is 17.3 Å². The molecule has 350 valence electrons. The Morgan fingerprint density at radius 1 is 0.719 bits per heavy atom. The lowest BCUT2D eigenvalue weighted by Gasteiger charge is -2.64. The molecule has 2 bridgehead atoms. The molecule has 64 heavy (non-hydrogen) atoms. The Labute approximate surface area is 376 Å². The fraction of sp³-hybridized carbons (Fsp3) is 0.600. The summed E-state index contributed by atoms with van der Waals surface area (Å²) in [4.78, 5) is 79.4. The van der Waals surface area contributed by atoms with Gasteiger partial charge in [0.2, 0.25) is 23.6 Å². The minimum atomic E-state index is -1.69. The molecule has 1 saturated heterocycles. The van der Waals surface area contributed by atoms with Crippen LogP contribution in [0.1, 0.15) is 108 Å². The van der Waals surface area contributed by atoms with Gasteiger partial charge in [-0.25, -0.2) is 0 Å². The molecule has 0 aromatic heterocycles. The summed E-state index contributed by atoms with van der Waals surface area (Å²) in [6, 6.07) is 10.4. The molecule has 4 fully saturated rings. The van der Waals surface area contributed by atoms with E-state index in [-0.39, 0.29) is 49.7 Å². The van der Waals surface area contributed by atoms with Crippen molar-refractivity contribution in [3.63, 3.8) is 0 Å². The Kier molecular flexibility index (Phi) is 17.5. The molecular formula is C45H69BN10O8. The van der Waals surface area contributed by atoms with Crippen LogP contribution in [0.25, 0.3) is 11.1 Å². The summed E-state index contributed by atoms with van der Waals surface area (Å²) in [5.74, 6) is -3.70. The maximum absolute atomic E-state index is 13.6. The van der Waals surface area contributed by atoms with Gasteiger partial charge < -0.3 is 64.6 Å². The number of amides is 6. The topological polar surface area (TPSA) is 311 Å². The summed E-state index contributed by atoms with van der Waals surface area (Å²) in [6.45, 7) is 9.04. The van der Waals surface area contributed by atoms with Crippen LogP contribution in [0.4, 0.5) is 0 Å². The van der Waals surface area contributed by atoms with Crippen molar-refractivity contribution >= 4 is 42.6 Å². The van der Waals surface area contributed by atoms with E-state index in [0.717, 1.165) is 43.2 Å². The van der Waals surface area contributed by atoms with E-state index in [0.29, 0.717) is 30.9 Å². The molecule has 1 unspecified atom stereocenters. The second-order valence-electron chi connectivity index (χ2n) is 18.3. The van der Waals surface area contributed by atoms with Gasteiger partial charge in [-0.3, -0.25) is 28.8 Å². The number of nitrogens with two attached hydrogens (primary N) is 5. The first-order valence-corrected chi connectivity index (χ1v) is 22.7. The van der Waals surface area contributed by atoms with Crippen molar-refractivity contribution in [1.29, 1.82) is 0 Å². The molecule has 3 saturated carbocycles. The van der Waals surface area contributed by atoms with Crippen molar-refractivity contribution < 1.29 is 38.1 Å². The molecule has 0 radical (unpaired) electrons. The summed E-state index contributed by atoms with van der Waals surface area (Å²) in [5, 5.41) is 12.9. The van der Waals surface area contributed by atoms with Crippen molar-refractivity contribution in [3.8, 4) is 11.1 Å². The maximum Gasteiger partial charge on any atom is 0.497 e. The fourth-order valence-electron chi connectivity index (χ4n) is 9.29. The van der Waals surface area contributed by atoms with E-state index in [2.05, 4.69) is 59.5 Å². The van der Waals surface area contributed by atoms with Crippen molar-refractivity contribution in [1.82, 2.24) is 26.6 Å². The highest BCUT2D eigenvalue weighted by molar-refractivity contribution is 6.47. The Balaban J connectivity index is 1.17. The lowest BCUT2D eigenvalue weighted by Crippen LogP contribution is -2.65. The third-order valence-electron chi connectivity index (χ3n) is 13.4. The van der Waals surface area contributed by atoms with Gasteiger partial charge in [0.15, 0.2) is 6.17 Å². The first-order valence-electron chi connectivity index (χ1n) is 22.7. The number of benzene rings is 2. The molecule has 0 spiro atoms. The highest BCUT2D eigenvalue weighted by Crippen LogP contribution is 2.65. The van der Waals surface area contributed by atoms with Crippen LogP contribution >= 0.6 is 0 Å². The monoisotopic (exact) mass is 889 g/mol. The van der Waals surface area contributed by atoms with Crippen LogP contribution in [0.5, 0.6) is 0 Å². The van der Waals surface area contributed by atoms with E-state index in [9.17, 15) is 28.8 Å². The highest BCUT2D eigenvalue weighted by Gasteiger charge is 2.68. The summed E-state index contributed by atoms with van der Waals surface area (Å²) < 4.78 is 12.6. The minimum Gasteiger partial charge on any atom is -0.403 e. The zero-order chi connectivity index (χ0) is 46.8. The first-order chi connectivity index (χ1) is 30.4. The van der Waals surface area contributed by atoms with Crippen LogP contribution in [-0.2, 0) is 39.7 Å². The van der Waals surface area contributed by atoms with Crippen molar-refractivity contribution in [2.24, 2.45) is 45.9 Å². The van der Waals surface area contributed by atoms with E-state index < -0.39 is 78.5 Å². The van der Waals surface area contributed by atoms with Gasteiger partial charge in [-0.15, -0.1) is 0 Å². The third kappa shape index (κ3) is 12.2. The molecule has 19 heteroatoms. The van der Waals surface area contributed by atoms with E-state index in [1.54, 1.807) is 12.1 Å². The van der Waals surface area contributed by atoms with Gasteiger partial charge in [0.1, 0.15) is 24.2 Å². The second-order valence-corrected chi connectivity index (χ2v) is 18.3. The predicted molar refractivity (Wildman–Crippen MR) is 243 cm³/mol. The molecule has 4 aliphatic rings.